The van der Waals surface area contributed by atoms with Crippen LogP contribution in [0.5, 0.6) is 0 Å². The molecular weight excluding hydrogens is 300 g/mol. The molecule has 1 atom stereocenters. The van der Waals surface area contributed by atoms with E-state index in [1.807, 2.05) is 24.5 Å². The van der Waals surface area contributed by atoms with Gasteiger partial charge >= 0.3 is 0 Å². The molecule has 0 radical (unpaired) electrons. The van der Waals surface area contributed by atoms with Crippen LogP contribution in [0.15, 0.2) is 18.0 Å². The van der Waals surface area contributed by atoms with Gasteiger partial charge in [0.2, 0.25) is 5.28 Å². The molecule has 5 nitrogen and oxygen atoms in total. The highest BCUT2D eigenvalue weighted by Gasteiger charge is 2.23. The van der Waals surface area contributed by atoms with Crippen molar-refractivity contribution >= 4 is 22.8 Å². The Hall–Kier alpha value is -1.90. The van der Waals surface area contributed by atoms with Crippen molar-refractivity contribution in [2.45, 2.75) is 39.3 Å². The molecule has 0 saturated carbocycles. The Labute approximate surface area is 134 Å². The number of hydrogen-bond donors (Lipinski definition) is 0. The average molecular weight is 317 g/mol. The maximum absolute atomic E-state index is 6.30. The molecule has 1 unspecified atom stereocenters. The lowest BCUT2D eigenvalue weighted by Crippen LogP contribution is -2.18. The normalized spacial score (nSPS) is 17.9. The van der Waals surface area contributed by atoms with Gasteiger partial charge < -0.3 is 4.74 Å². The molecule has 6 heteroatoms. The topological polar surface area (TPSA) is 52.8 Å². The molecule has 1 saturated heterocycles. The molecule has 3 rings (SSSR count). The van der Waals surface area contributed by atoms with Crippen LogP contribution < -0.4 is 0 Å². The van der Waals surface area contributed by atoms with Gasteiger partial charge in [0.15, 0.2) is 5.65 Å². The molecule has 114 valence electrons. The van der Waals surface area contributed by atoms with Gasteiger partial charge in [-0.2, -0.15) is 0 Å². The number of fused-ring (bicyclic) bond motifs is 1. The molecule has 0 N–H and O–H groups in total. The molecule has 0 amide bonds. The van der Waals surface area contributed by atoms with E-state index >= 15 is 0 Å². The first-order chi connectivity index (χ1) is 10.7. The second-order valence-electron chi connectivity index (χ2n) is 5.46. The number of hydrogen-bond acceptors (Lipinski definition) is 4. The standard InChI is InChI=1S/C16H17ClN4O/c1-11(2)6-5-7-12-14-15(19-10-18-12)21(16(17)20-14)13-8-3-4-9-22-13/h6,10,13H,3-4,8-9H2,1-2H3. The molecule has 0 spiro atoms. The lowest BCUT2D eigenvalue weighted by molar-refractivity contribution is -0.0296. The van der Waals surface area contributed by atoms with E-state index < -0.39 is 0 Å². The fourth-order valence-electron chi connectivity index (χ4n) is 2.41. The fourth-order valence-corrected chi connectivity index (χ4v) is 2.68. The largest absolute Gasteiger partial charge is 0.358 e. The van der Waals surface area contributed by atoms with Crippen molar-refractivity contribution < 1.29 is 4.74 Å². The van der Waals surface area contributed by atoms with E-state index in [9.17, 15) is 0 Å². The summed E-state index contributed by atoms with van der Waals surface area (Å²) in [6.45, 7) is 4.73. The summed E-state index contributed by atoms with van der Waals surface area (Å²) in [5.41, 5.74) is 3.01. The second-order valence-corrected chi connectivity index (χ2v) is 5.80. The highest BCUT2D eigenvalue weighted by Crippen LogP contribution is 2.30. The Bertz CT molecular complexity index is 775. The highest BCUT2D eigenvalue weighted by molar-refractivity contribution is 6.29. The lowest BCUT2D eigenvalue weighted by atomic mass is 10.2. The molecular formula is C16H17ClN4O. The number of rotatable bonds is 1. The Morgan fingerprint density at radius 3 is 3.00 bits per heavy atom. The minimum absolute atomic E-state index is 0.111. The number of imidazole rings is 1. The van der Waals surface area contributed by atoms with Gasteiger partial charge in [0.05, 0.1) is 0 Å². The third-order valence-electron chi connectivity index (χ3n) is 3.43. The minimum Gasteiger partial charge on any atom is -0.358 e. The number of nitrogens with zero attached hydrogens (tertiary/aromatic N) is 4. The van der Waals surface area contributed by atoms with Crippen molar-refractivity contribution in [3.8, 4) is 11.8 Å². The van der Waals surface area contributed by atoms with Crippen LogP contribution in [0.1, 0.15) is 45.0 Å². The van der Waals surface area contributed by atoms with Crippen molar-refractivity contribution in [2.24, 2.45) is 0 Å². The van der Waals surface area contributed by atoms with Gasteiger partial charge in [0.25, 0.3) is 0 Å². The van der Waals surface area contributed by atoms with E-state index in [0.717, 1.165) is 31.4 Å². The van der Waals surface area contributed by atoms with E-state index in [1.165, 1.54) is 6.33 Å². The van der Waals surface area contributed by atoms with Gasteiger partial charge in [-0.15, -0.1) is 0 Å². The van der Waals surface area contributed by atoms with Gasteiger partial charge in [-0.05, 0) is 56.7 Å². The van der Waals surface area contributed by atoms with Crippen molar-refractivity contribution in [2.75, 3.05) is 6.61 Å². The van der Waals surface area contributed by atoms with E-state index in [-0.39, 0.29) is 6.23 Å². The van der Waals surface area contributed by atoms with E-state index in [4.69, 9.17) is 16.3 Å². The zero-order valence-electron chi connectivity index (χ0n) is 12.6. The molecule has 2 aromatic heterocycles. The Balaban J connectivity index is 2.06. The zero-order chi connectivity index (χ0) is 15.5. The average Bonchev–Trinajstić information content (AvgIpc) is 2.84. The van der Waals surface area contributed by atoms with E-state index in [0.29, 0.717) is 22.1 Å². The third-order valence-corrected chi connectivity index (χ3v) is 3.70. The summed E-state index contributed by atoms with van der Waals surface area (Å²) in [5, 5.41) is 0.368. The third kappa shape index (κ3) is 2.99. The van der Waals surface area contributed by atoms with Crippen LogP contribution in [-0.4, -0.2) is 26.1 Å². The zero-order valence-corrected chi connectivity index (χ0v) is 13.4. The molecule has 0 bridgehead atoms. The Kier molecular flexibility index (Phi) is 4.41. The number of ether oxygens (including phenoxy) is 1. The molecule has 1 aliphatic rings. The van der Waals surface area contributed by atoms with Crippen LogP contribution in [0, 0.1) is 11.8 Å². The minimum atomic E-state index is -0.111. The SMILES string of the molecule is CC(C)=CC#Cc1ncnc2c1nc(Cl)n2C1CCCCO1. The van der Waals surface area contributed by atoms with Crippen molar-refractivity contribution in [3.63, 3.8) is 0 Å². The maximum atomic E-state index is 6.30. The Morgan fingerprint density at radius 2 is 2.27 bits per heavy atom. The van der Waals surface area contributed by atoms with Gasteiger partial charge in [-0.25, -0.2) is 15.0 Å². The molecule has 1 aliphatic heterocycles. The monoisotopic (exact) mass is 316 g/mol. The van der Waals surface area contributed by atoms with Gasteiger partial charge in [0, 0.05) is 6.61 Å². The summed E-state index contributed by atoms with van der Waals surface area (Å²) >= 11 is 6.30. The van der Waals surface area contributed by atoms with Crippen molar-refractivity contribution in [1.29, 1.82) is 0 Å². The fraction of sp³-hybridized carbons (Fsp3) is 0.438. The molecule has 1 fully saturated rings. The van der Waals surface area contributed by atoms with Gasteiger partial charge in [-0.1, -0.05) is 11.5 Å². The summed E-state index contributed by atoms with van der Waals surface area (Å²) in [6, 6.07) is 0. The van der Waals surface area contributed by atoms with Crippen LogP contribution in [0.3, 0.4) is 0 Å². The van der Waals surface area contributed by atoms with Crippen LogP contribution in [0.25, 0.3) is 11.2 Å². The Morgan fingerprint density at radius 1 is 1.41 bits per heavy atom. The summed E-state index contributed by atoms with van der Waals surface area (Å²) in [7, 11) is 0. The molecule has 22 heavy (non-hydrogen) atoms. The smallest absolute Gasteiger partial charge is 0.207 e. The van der Waals surface area contributed by atoms with Gasteiger partial charge in [-0.3, -0.25) is 4.57 Å². The summed E-state index contributed by atoms with van der Waals surface area (Å²) in [4.78, 5) is 12.9. The van der Waals surface area contributed by atoms with Crippen LogP contribution >= 0.6 is 11.6 Å². The first-order valence-corrected chi connectivity index (χ1v) is 7.69. The lowest BCUT2D eigenvalue weighted by Gasteiger charge is -2.24. The predicted molar refractivity (Wildman–Crippen MR) is 85.5 cm³/mol. The molecule has 2 aromatic rings. The predicted octanol–water partition coefficient (Wildman–Crippen LogP) is 3.50. The number of allylic oxidation sites excluding steroid dienone is 2. The number of aromatic nitrogens is 4. The van der Waals surface area contributed by atoms with Crippen LogP contribution in [0.4, 0.5) is 0 Å². The number of halogens is 1. The van der Waals surface area contributed by atoms with Crippen LogP contribution in [0.2, 0.25) is 5.28 Å². The van der Waals surface area contributed by atoms with Crippen LogP contribution in [-0.2, 0) is 4.74 Å². The van der Waals surface area contributed by atoms with E-state index in [1.54, 1.807) is 0 Å². The van der Waals surface area contributed by atoms with E-state index in [2.05, 4.69) is 26.8 Å². The summed E-state index contributed by atoms with van der Waals surface area (Å²) in [5.74, 6) is 5.99. The molecule has 3 heterocycles. The maximum Gasteiger partial charge on any atom is 0.207 e. The first-order valence-electron chi connectivity index (χ1n) is 7.32. The van der Waals surface area contributed by atoms with Crippen molar-refractivity contribution in [3.05, 3.63) is 29.0 Å². The highest BCUT2D eigenvalue weighted by atomic mass is 35.5. The first kappa shape index (κ1) is 15.0. The summed E-state index contributed by atoms with van der Waals surface area (Å²) in [6.07, 6.45) is 6.32. The van der Waals surface area contributed by atoms with Gasteiger partial charge in [0.1, 0.15) is 23.8 Å². The molecule has 0 aromatic carbocycles. The van der Waals surface area contributed by atoms with Crippen molar-refractivity contribution in [1.82, 2.24) is 19.5 Å². The summed E-state index contributed by atoms with van der Waals surface area (Å²) < 4.78 is 7.63. The molecule has 0 aliphatic carbocycles. The second kappa shape index (κ2) is 6.47. The quantitative estimate of drug-likeness (QED) is 0.597.